The molecule has 1 heterocycles. The van der Waals surface area contributed by atoms with Gasteiger partial charge in [-0.05, 0) is 44.2 Å². The van der Waals surface area contributed by atoms with Gasteiger partial charge in [-0.15, -0.1) is 12.4 Å². The van der Waals surface area contributed by atoms with Crippen LogP contribution in [-0.4, -0.2) is 42.0 Å². The maximum absolute atomic E-state index is 13.0. The molecule has 0 unspecified atom stereocenters. The summed E-state index contributed by atoms with van der Waals surface area (Å²) in [7, 11) is 3.17. The summed E-state index contributed by atoms with van der Waals surface area (Å²) >= 11 is 0. The number of benzene rings is 2. The highest BCUT2D eigenvalue weighted by Gasteiger charge is 2.23. The molecule has 0 aliphatic rings. The topological polar surface area (TPSA) is 91.4 Å². The third-order valence-corrected chi connectivity index (χ3v) is 4.35. The van der Waals surface area contributed by atoms with E-state index in [0.717, 1.165) is 5.69 Å². The fourth-order valence-electron chi connectivity index (χ4n) is 2.85. The summed E-state index contributed by atoms with van der Waals surface area (Å²) in [6, 6.07) is 15.0. The van der Waals surface area contributed by atoms with Gasteiger partial charge in [-0.3, -0.25) is 4.79 Å². The van der Waals surface area contributed by atoms with Crippen molar-refractivity contribution >= 4 is 18.3 Å². The van der Waals surface area contributed by atoms with E-state index < -0.39 is 5.54 Å². The Morgan fingerprint density at radius 2 is 1.83 bits per heavy atom. The average molecular weight is 431 g/mol. The SMILES string of the molecule is COc1ccc(OC)c(-c2nn(-c3ccccc3)cc2C(=O)NCC(C)(C)N)c1.Cl. The van der Waals surface area contributed by atoms with E-state index in [1.807, 2.05) is 44.2 Å². The second kappa shape index (κ2) is 9.65. The number of carbonyl (C=O) groups is 1. The van der Waals surface area contributed by atoms with Crippen LogP contribution in [0.25, 0.3) is 16.9 Å². The van der Waals surface area contributed by atoms with Gasteiger partial charge in [0.2, 0.25) is 0 Å². The van der Waals surface area contributed by atoms with Crippen LogP contribution >= 0.6 is 12.4 Å². The van der Waals surface area contributed by atoms with Crippen LogP contribution in [0.3, 0.4) is 0 Å². The summed E-state index contributed by atoms with van der Waals surface area (Å²) < 4.78 is 12.5. The predicted octanol–water partition coefficient (Wildman–Crippen LogP) is 3.45. The lowest BCUT2D eigenvalue weighted by Crippen LogP contribution is -2.45. The second-order valence-electron chi connectivity index (χ2n) is 7.41. The Bertz CT molecular complexity index is 997. The first-order valence-corrected chi connectivity index (χ1v) is 9.27. The van der Waals surface area contributed by atoms with Crippen LogP contribution < -0.4 is 20.5 Å². The first-order chi connectivity index (χ1) is 13.8. The zero-order valence-corrected chi connectivity index (χ0v) is 18.3. The Labute approximate surface area is 182 Å². The molecule has 1 aromatic heterocycles. The highest BCUT2D eigenvalue weighted by molar-refractivity contribution is 6.00. The Morgan fingerprint density at radius 3 is 2.43 bits per heavy atom. The first-order valence-electron chi connectivity index (χ1n) is 9.27. The number of hydrogen-bond acceptors (Lipinski definition) is 5. The van der Waals surface area contributed by atoms with Crippen LogP contribution in [0.4, 0.5) is 0 Å². The van der Waals surface area contributed by atoms with Crippen molar-refractivity contribution in [3.8, 4) is 28.4 Å². The molecule has 7 nitrogen and oxygen atoms in total. The van der Waals surface area contributed by atoms with Crippen LogP contribution in [0, 0.1) is 0 Å². The van der Waals surface area contributed by atoms with E-state index in [4.69, 9.17) is 15.2 Å². The van der Waals surface area contributed by atoms with Crippen LogP contribution in [0.1, 0.15) is 24.2 Å². The lowest BCUT2D eigenvalue weighted by molar-refractivity contribution is 0.0946. The van der Waals surface area contributed by atoms with E-state index in [2.05, 4.69) is 10.4 Å². The Hall–Kier alpha value is -3.03. The van der Waals surface area contributed by atoms with E-state index in [1.54, 1.807) is 43.3 Å². The number of aromatic nitrogens is 2. The molecule has 3 aromatic rings. The van der Waals surface area contributed by atoms with Crippen molar-refractivity contribution in [1.29, 1.82) is 0 Å². The molecule has 3 rings (SSSR count). The van der Waals surface area contributed by atoms with Gasteiger partial charge in [0.25, 0.3) is 5.91 Å². The number of ether oxygens (including phenoxy) is 2. The highest BCUT2D eigenvalue weighted by atomic mass is 35.5. The minimum Gasteiger partial charge on any atom is -0.497 e. The lowest BCUT2D eigenvalue weighted by atomic mass is 10.0. The smallest absolute Gasteiger partial charge is 0.255 e. The van der Waals surface area contributed by atoms with Crippen LogP contribution in [0.15, 0.2) is 54.7 Å². The molecule has 3 N–H and O–H groups in total. The number of carbonyl (C=O) groups excluding carboxylic acids is 1. The zero-order chi connectivity index (χ0) is 21.0. The van der Waals surface area contributed by atoms with Crippen LogP contribution in [0.2, 0.25) is 0 Å². The van der Waals surface area contributed by atoms with E-state index in [-0.39, 0.29) is 18.3 Å². The normalized spacial score (nSPS) is 10.8. The molecule has 0 fully saturated rings. The largest absolute Gasteiger partial charge is 0.497 e. The van der Waals surface area contributed by atoms with Gasteiger partial charge < -0.3 is 20.5 Å². The standard InChI is InChI=1S/C22H26N4O3.ClH/c1-22(2,23)14-24-21(27)18-13-26(15-8-6-5-7-9-15)25-20(18)17-12-16(28-3)10-11-19(17)29-4;/h5-13H,14,23H2,1-4H3,(H,24,27);1H. The van der Waals surface area contributed by atoms with E-state index in [0.29, 0.717) is 34.9 Å². The summed E-state index contributed by atoms with van der Waals surface area (Å²) in [6.07, 6.45) is 1.71. The van der Waals surface area contributed by atoms with Crippen molar-refractivity contribution in [1.82, 2.24) is 15.1 Å². The zero-order valence-electron chi connectivity index (χ0n) is 17.5. The molecule has 0 saturated carbocycles. The summed E-state index contributed by atoms with van der Waals surface area (Å²) in [5.74, 6) is 0.979. The van der Waals surface area contributed by atoms with Gasteiger partial charge in [-0.25, -0.2) is 4.68 Å². The number of nitrogens with zero attached hydrogens (tertiary/aromatic N) is 2. The number of hydrogen-bond donors (Lipinski definition) is 2. The number of nitrogens with two attached hydrogens (primary N) is 1. The van der Waals surface area contributed by atoms with E-state index >= 15 is 0 Å². The number of methoxy groups -OCH3 is 2. The molecule has 0 aliphatic carbocycles. The summed E-state index contributed by atoms with van der Waals surface area (Å²) in [4.78, 5) is 13.0. The maximum atomic E-state index is 13.0. The summed E-state index contributed by atoms with van der Waals surface area (Å²) in [5.41, 5.74) is 7.91. The van der Waals surface area contributed by atoms with Gasteiger partial charge in [0.15, 0.2) is 0 Å². The molecule has 8 heteroatoms. The minimum absolute atomic E-state index is 0. The van der Waals surface area contributed by atoms with Gasteiger partial charge >= 0.3 is 0 Å². The quantitative estimate of drug-likeness (QED) is 0.599. The molecule has 2 aromatic carbocycles. The molecule has 0 aliphatic heterocycles. The Kier molecular flexibility index (Phi) is 7.48. The first kappa shape index (κ1) is 23.3. The third kappa shape index (κ3) is 5.31. The monoisotopic (exact) mass is 430 g/mol. The number of rotatable bonds is 7. The fourth-order valence-corrected chi connectivity index (χ4v) is 2.85. The van der Waals surface area contributed by atoms with Gasteiger partial charge in [-0.2, -0.15) is 5.10 Å². The molecule has 1 amide bonds. The van der Waals surface area contributed by atoms with Crippen molar-refractivity contribution in [3.63, 3.8) is 0 Å². The number of nitrogens with one attached hydrogen (secondary N) is 1. The molecule has 0 spiro atoms. The molecule has 0 atom stereocenters. The molecule has 0 radical (unpaired) electrons. The maximum Gasteiger partial charge on any atom is 0.255 e. The molecule has 160 valence electrons. The third-order valence-electron chi connectivity index (χ3n) is 4.35. The molecular weight excluding hydrogens is 404 g/mol. The molecular formula is C22H27ClN4O3. The van der Waals surface area contributed by atoms with Crippen LogP contribution in [0.5, 0.6) is 11.5 Å². The molecule has 0 bridgehead atoms. The molecule has 30 heavy (non-hydrogen) atoms. The van der Waals surface area contributed by atoms with Crippen molar-refractivity contribution in [3.05, 3.63) is 60.3 Å². The van der Waals surface area contributed by atoms with E-state index in [9.17, 15) is 4.79 Å². The summed E-state index contributed by atoms with van der Waals surface area (Å²) in [5, 5.41) is 7.58. The lowest BCUT2D eigenvalue weighted by Gasteiger charge is -2.18. The number of para-hydroxylation sites is 1. The van der Waals surface area contributed by atoms with Crippen molar-refractivity contribution in [2.24, 2.45) is 5.73 Å². The second-order valence-corrected chi connectivity index (χ2v) is 7.41. The van der Waals surface area contributed by atoms with Crippen LogP contribution in [-0.2, 0) is 0 Å². The fraction of sp³-hybridized carbons (Fsp3) is 0.273. The van der Waals surface area contributed by atoms with Gasteiger partial charge in [0.1, 0.15) is 17.2 Å². The number of halogens is 1. The molecule has 0 saturated heterocycles. The van der Waals surface area contributed by atoms with Gasteiger partial charge in [0.05, 0.1) is 25.5 Å². The Balaban J connectivity index is 0.00000320. The van der Waals surface area contributed by atoms with Crippen molar-refractivity contribution in [2.75, 3.05) is 20.8 Å². The number of amides is 1. The highest BCUT2D eigenvalue weighted by Crippen LogP contribution is 2.35. The Morgan fingerprint density at radius 1 is 1.13 bits per heavy atom. The minimum atomic E-state index is -0.529. The van der Waals surface area contributed by atoms with Crippen molar-refractivity contribution in [2.45, 2.75) is 19.4 Å². The van der Waals surface area contributed by atoms with Crippen molar-refractivity contribution < 1.29 is 14.3 Å². The summed E-state index contributed by atoms with van der Waals surface area (Å²) in [6.45, 7) is 4.04. The predicted molar refractivity (Wildman–Crippen MR) is 120 cm³/mol. The average Bonchev–Trinajstić information content (AvgIpc) is 3.17. The van der Waals surface area contributed by atoms with Gasteiger partial charge in [0, 0.05) is 23.8 Å². The van der Waals surface area contributed by atoms with E-state index in [1.165, 1.54) is 0 Å². The van der Waals surface area contributed by atoms with Gasteiger partial charge in [-0.1, -0.05) is 18.2 Å².